The first-order valence-corrected chi connectivity index (χ1v) is 8.78. The number of aryl methyl sites for hydroxylation is 1. The van der Waals surface area contributed by atoms with Gasteiger partial charge in [0.1, 0.15) is 17.2 Å². The second-order valence-corrected chi connectivity index (χ2v) is 6.31. The Balaban J connectivity index is 1.82. The molecule has 3 rings (SSSR count). The molecule has 8 heteroatoms. The number of aromatic nitrogens is 2. The summed E-state index contributed by atoms with van der Waals surface area (Å²) in [6.45, 7) is 1.79. The zero-order chi connectivity index (χ0) is 20.1. The van der Waals surface area contributed by atoms with E-state index in [9.17, 15) is 4.79 Å². The number of nitrogens with one attached hydrogen (secondary N) is 2. The molecule has 0 saturated carbocycles. The smallest absolute Gasteiger partial charge is 0.274 e. The molecule has 0 fully saturated rings. The third-order valence-corrected chi connectivity index (χ3v) is 4.08. The maximum Gasteiger partial charge on any atom is 0.274 e. The topological polar surface area (TPSA) is 85.4 Å². The Bertz CT molecular complexity index is 993. The third kappa shape index (κ3) is 4.69. The minimum atomic E-state index is -0.399. The van der Waals surface area contributed by atoms with Gasteiger partial charge in [0.2, 0.25) is 5.95 Å². The van der Waals surface area contributed by atoms with Crippen LogP contribution in [0.15, 0.2) is 48.5 Å². The fourth-order valence-corrected chi connectivity index (χ4v) is 2.68. The average Bonchev–Trinajstić information content (AvgIpc) is 2.68. The van der Waals surface area contributed by atoms with Crippen molar-refractivity contribution in [2.24, 2.45) is 0 Å². The van der Waals surface area contributed by atoms with Crippen LogP contribution in [0.3, 0.4) is 0 Å². The molecule has 0 aliphatic carbocycles. The van der Waals surface area contributed by atoms with Gasteiger partial charge in [0.25, 0.3) is 5.91 Å². The van der Waals surface area contributed by atoms with Crippen molar-refractivity contribution in [3.05, 3.63) is 64.9 Å². The van der Waals surface area contributed by atoms with Crippen LogP contribution in [0.1, 0.15) is 16.2 Å². The van der Waals surface area contributed by atoms with Gasteiger partial charge < -0.3 is 20.1 Å². The molecule has 7 nitrogen and oxygen atoms in total. The number of carbonyl (C=O) groups excluding carboxylic acids is 1. The van der Waals surface area contributed by atoms with E-state index in [4.69, 9.17) is 21.1 Å². The normalized spacial score (nSPS) is 10.3. The molecule has 0 aliphatic rings. The van der Waals surface area contributed by atoms with E-state index in [1.807, 2.05) is 24.3 Å². The molecule has 0 radical (unpaired) electrons. The first kappa shape index (κ1) is 19.4. The van der Waals surface area contributed by atoms with Crippen LogP contribution in [-0.2, 0) is 0 Å². The second-order valence-electron chi connectivity index (χ2n) is 5.87. The van der Waals surface area contributed by atoms with Crippen molar-refractivity contribution in [2.45, 2.75) is 6.92 Å². The van der Waals surface area contributed by atoms with Crippen LogP contribution >= 0.6 is 11.6 Å². The predicted molar refractivity (Wildman–Crippen MR) is 109 cm³/mol. The standard InChI is InChI=1S/C20H19ClN4O3/c1-12-10-17(19(26)24-16-11-13(21)4-9-18(16)28-3)25-20(22-12)23-14-5-7-15(27-2)8-6-14/h4-11H,1-3H3,(H,24,26)(H,22,23,25). The lowest BCUT2D eigenvalue weighted by molar-refractivity contribution is 0.102. The van der Waals surface area contributed by atoms with Gasteiger partial charge in [0, 0.05) is 16.4 Å². The van der Waals surface area contributed by atoms with Gasteiger partial charge >= 0.3 is 0 Å². The summed E-state index contributed by atoms with van der Waals surface area (Å²) in [4.78, 5) is 21.3. The SMILES string of the molecule is COc1ccc(Nc2nc(C)cc(C(=O)Nc3cc(Cl)ccc3OC)n2)cc1. The van der Waals surface area contributed by atoms with E-state index < -0.39 is 5.91 Å². The minimum Gasteiger partial charge on any atom is -0.497 e. The van der Waals surface area contributed by atoms with Crippen molar-refractivity contribution < 1.29 is 14.3 Å². The van der Waals surface area contributed by atoms with Gasteiger partial charge in [-0.15, -0.1) is 0 Å². The lowest BCUT2D eigenvalue weighted by atomic mass is 10.2. The van der Waals surface area contributed by atoms with Gasteiger partial charge in [-0.3, -0.25) is 4.79 Å². The number of carbonyl (C=O) groups is 1. The number of amides is 1. The van der Waals surface area contributed by atoms with Crippen molar-refractivity contribution in [2.75, 3.05) is 24.9 Å². The van der Waals surface area contributed by atoms with E-state index in [0.717, 1.165) is 11.4 Å². The van der Waals surface area contributed by atoms with E-state index >= 15 is 0 Å². The molecule has 3 aromatic rings. The number of hydrogen-bond acceptors (Lipinski definition) is 6. The van der Waals surface area contributed by atoms with E-state index in [1.165, 1.54) is 7.11 Å². The average molecular weight is 399 g/mol. The van der Waals surface area contributed by atoms with Gasteiger partial charge in [0.15, 0.2) is 0 Å². The minimum absolute atomic E-state index is 0.213. The highest BCUT2D eigenvalue weighted by Crippen LogP contribution is 2.28. The molecule has 0 spiro atoms. The fourth-order valence-electron chi connectivity index (χ4n) is 2.51. The Morgan fingerprint density at radius 1 is 1.00 bits per heavy atom. The molecule has 0 unspecified atom stereocenters. The lowest BCUT2D eigenvalue weighted by Gasteiger charge is -2.12. The molecule has 144 valence electrons. The summed E-state index contributed by atoms with van der Waals surface area (Å²) >= 11 is 6.01. The monoisotopic (exact) mass is 398 g/mol. The van der Waals surface area contributed by atoms with Crippen molar-refractivity contribution in [1.29, 1.82) is 0 Å². The van der Waals surface area contributed by atoms with Gasteiger partial charge in [-0.1, -0.05) is 11.6 Å². The Morgan fingerprint density at radius 2 is 1.75 bits per heavy atom. The summed E-state index contributed by atoms with van der Waals surface area (Å²) in [6.07, 6.45) is 0. The van der Waals surface area contributed by atoms with E-state index in [0.29, 0.717) is 28.1 Å². The fraction of sp³-hybridized carbons (Fsp3) is 0.150. The first-order valence-electron chi connectivity index (χ1n) is 8.40. The zero-order valence-corrected chi connectivity index (χ0v) is 16.4. The quantitative estimate of drug-likeness (QED) is 0.638. The molecular formula is C20H19ClN4O3. The van der Waals surface area contributed by atoms with Crippen LogP contribution in [0.25, 0.3) is 0 Å². The van der Waals surface area contributed by atoms with Gasteiger partial charge in [-0.05, 0) is 55.5 Å². The van der Waals surface area contributed by atoms with Crippen molar-refractivity contribution in [1.82, 2.24) is 9.97 Å². The van der Waals surface area contributed by atoms with Gasteiger partial charge in [0.05, 0.1) is 19.9 Å². The van der Waals surface area contributed by atoms with Crippen LogP contribution in [0, 0.1) is 6.92 Å². The third-order valence-electron chi connectivity index (χ3n) is 3.84. The number of rotatable bonds is 6. The summed E-state index contributed by atoms with van der Waals surface area (Å²) in [5, 5.41) is 6.34. The predicted octanol–water partition coefficient (Wildman–Crippen LogP) is 4.45. The molecule has 1 aromatic heterocycles. The molecule has 0 bridgehead atoms. The highest BCUT2D eigenvalue weighted by atomic mass is 35.5. The Kier molecular flexibility index (Phi) is 5.96. The zero-order valence-electron chi connectivity index (χ0n) is 15.6. The summed E-state index contributed by atoms with van der Waals surface area (Å²) in [5.41, 5.74) is 2.09. The number of methoxy groups -OCH3 is 2. The van der Waals surface area contributed by atoms with E-state index in [1.54, 1.807) is 38.3 Å². The maximum absolute atomic E-state index is 12.7. The summed E-state index contributed by atoms with van der Waals surface area (Å²) in [7, 11) is 3.12. The summed E-state index contributed by atoms with van der Waals surface area (Å²) < 4.78 is 10.4. The lowest BCUT2D eigenvalue weighted by Crippen LogP contribution is -2.16. The number of anilines is 3. The molecule has 2 N–H and O–H groups in total. The molecule has 0 aliphatic heterocycles. The molecule has 2 aromatic carbocycles. The molecule has 0 saturated heterocycles. The highest BCUT2D eigenvalue weighted by Gasteiger charge is 2.14. The van der Waals surface area contributed by atoms with Crippen LogP contribution in [0.5, 0.6) is 11.5 Å². The highest BCUT2D eigenvalue weighted by molar-refractivity contribution is 6.31. The van der Waals surface area contributed by atoms with Crippen LogP contribution < -0.4 is 20.1 Å². The van der Waals surface area contributed by atoms with E-state index in [2.05, 4.69) is 20.6 Å². The Hall–Kier alpha value is -3.32. The van der Waals surface area contributed by atoms with Gasteiger partial charge in [-0.25, -0.2) is 9.97 Å². The van der Waals surface area contributed by atoms with E-state index in [-0.39, 0.29) is 5.69 Å². The summed E-state index contributed by atoms with van der Waals surface area (Å²) in [5.74, 6) is 1.16. The van der Waals surface area contributed by atoms with Gasteiger partial charge in [-0.2, -0.15) is 0 Å². The van der Waals surface area contributed by atoms with Crippen molar-refractivity contribution in [3.8, 4) is 11.5 Å². The number of hydrogen-bond donors (Lipinski definition) is 2. The van der Waals surface area contributed by atoms with Crippen LogP contribution in [0.4, 0.5) is 17.3 Å². The molecule has 1 amide bonds. The molecule has 0 atom stereocenters. The first-order chi connectivity index (χ1) is 13.5. The molecule has 1 heterocycles. The van der Waals surface area contributed by atoms with Crippen molar-refractivity contribution >= 4 is 34.8 Å². The maximum atomic E-state index is 12.7. The molecular weight excluding hydrogens is 380 g/mol. The number of nitrogens with zero attached hydrogens (tertiary/aromatic N) is 2. The summed E-state index contributed by atoms with van der Waals surface area (Å²) in [6, 6.07) is 13.9. The Labute approximate surface area is 167 Å². The number of ether oxygens (including phenoxy) is 2. The van der Waals surface area contributed by atoms with Crippen LogP contribution in [-0.4, -0.2) is 30.1 Å². The van der Waals surface area contributed by atoms with Crippen LogP contribution in [0.2, 0.25) is 5.02 Å². The second kappa shape index (κ2) is 8.58. The van der Waals surface area contributed by atoms with Crippen molar-refractivity contribution in [3.63, 3.8) is 0 Å². The molecule has 28 heavy (non-hydrogen) atoms. The number of halogens is 1. The largest absolute Gasteiger partial charge is 0.497 e. The Morgan fingerprint density at radius 3 is 2.43 bits per heavy atom. The number of benzene rings is 2.